The molecule has 0 amide bonds. The zero-order chi connectivity index (χ0) is 10.6. The Hall–Kier alpha value is -0.380. The van der Waals surface area contributed by atoms with Gasteiger partial charge in [-0.1, -0.05) is 23.2 Å². The number of carboxylic acids is 1. The molecule has 0 heterocycles. The van der Waals surface area contributed by atoms with Crippen LogP contribution >= 0.6 is 35.0 Å². The summed E-state index contributed by atoms with van der Waals surface area (Å²) in [5.74, 6) is -0.259. The third kappa shape index (κ3) is 3.78. The molecule has 5 heteroatoms. The summed E-state index contributed by atoms with van der Waals surface area (Å²) in [6, 6.07) is 5.25. The highest BCUT2D eigenvalue weighted by atomic mass is 35.5. The number of hydrogen-bond acceptors (Lipinski definition) is 2. The number of thioether (sulfide) groups is 1. The number of aliphatic carboxylic acids is 1. The van der Waals surface area contributed by atoms with Crippen molar-refractivity contribution in [3.05, 3.63) is 28.2 Å². The third-order valence-electron chi connectivity index (χ3n) is 1.48. The highest BCUT2D eigenvalue weighted by molar-refractivity contribution is 7.99. The molecular formula is C9H8Cl2O2S. The fourth-order valence-corrected chi connectivity index (χ4v) is 2.06. The van der Waals surface area contributed by atoms with E-state index in [1.54, 1.807) is 12.1 Å². The van der Waals surface area contributed by atoms with E-state index in [-0.39, 0.29) is 6.42 Å². The van der Waals surface area contributed by atoms with Crippen LogP contribution in [0.2, 0.25) is 10.0 Å². The summed E-state index contributed by atoms with van der Waals surface area (Å²) in [6.07, 6.45) is 0.144. The molecule has 14 heavy (non-hydrogen) atoms. The third-order valence-corrected chi connectivity index (χ3v) is 3.21. The second-order valence-electron chi connectivity index (χ2n) is 2.57. The van der Waals surface area contributed by atoms with Gasteiger partial charge in [0.1, 0.15) is 0 Å². The molecule has 76 valence electrons. The molecule has 0 spiro atoms. The lowest BCUT2D eigenvalue weighted by molar-refractivity contribution is -0.136. The van der Waals surface area contributed by atoms with Gasteiger partial charge in [0.15, 0.2) is 0 Å². The molecule has 0 aromatic heterocycles. The minimum absolute atomic E-state index is 0.144. The van der Waals surface area contributed by atoms with Crippen molar-refractivity contribution in [3.8, 4) is 0 Å². The van der Waals surface area contributed by atoms with Crippen molar-refractivity contribution >= 4 is 40.9 Å². The summed E-state index contributed by atoms with van der Waals surface area (Å²) in [4.78, 5) is 11.2. The van der Waals surface area contributed by atoms with Gasteiger partial charge >= 0.3 is 5.97 Å². The Morgan fingerprint density at radius 3 is 2.64 bits per heavy atom. The maximum Gasteiger partial charge on any atom is 0.304 e. The first kappa shape index (κ1) is 11.7. The minimum Gasteiger partial charge on any atom is -0.481 e. The van der Waals surface area contributed by atoms with Gasteiger partial charge < -0.3 is 5.11 Å². The maximum absolute atomic E-state index is 10.3. The smallest absolute Gasteiger partial charge is 0.304 e. The van der Waals surface area contributed by atoms with Crippen LogP contribution < -0.4 is 0 Å². The van der Waals surface area contributed by atoms with Gasteiger partial charge in [0.05, 0.1) is 16.5 Å². The highest BCUT2D eigenvalue weighted by Gasteiger charge is 2.01. The van der Waals surface area contributed by atoms with E-state index in [4.69, 9.17) is 28.3 Å². The molecule has 0 aliphatic rings. The van der Waals surface area contributed by atoms with Crippen LogP contribution in [0.3, 0.4) is 0 Å². The van der Waals surface area contributed by atoms with Crippen LogP contribution in [0.5, 0.6) is 0 Å². The molecule has 0 saturated carbocycles. The van der Waals surface area contributed by atoms with Gasteiger partial charge in [0.25, 0.3) is 0 Å². The Bertz CT molecular complexity index is 342. The minimum atomic E-state index is -0.794. The first-order valence-electron chi connectivity index (χ1n) is 3.89. The molecule has 1 rings (SSSR count). The number of carbonyl (C=O) groups is 1. The zero-order valence-corrected chi connectivity index (χ0v) is 9.49. The monoisotopic (exact) mass is 250 g/mol. The number of carboxylic acid groups (broad SMARTS) is 1. The van der Waals surface area contributed by atoms with Gasteiger partial charge in [-0.15, -0.1) is 11.8 Å². The Morgan fingerprint density at radius 1 is 1.36 bits per heavy atom. The van der Waals surface area contributed by atoms with Crippen LogP contribution in [0, 0.1) is 0 Å². The molecule has 0 saturated heterocycles. The van der Waals surface area contributed by atoms with E-state index in [1.807, 2.05) is 6.07 Å². The Labute approximate surface area is 96.2 Å². The normalized spacial score (nSPS) is 10.1. The number of halogens is 2. The van der Waals surface area contributed by atoms with Gasteiger partial charge in [0.2, 0.25) is 0 Å². The maximum atomic E-state index is 10.3. The van der Waals surface area contributed by atoms with Crippen LogP contribution in [-0.4, -0.2) is 16.8 Å². The summed E-state index contributed by atoms with van der Waals surface area (Å²) in [7, 11) is 0. The molecule has 0 radical (unpaired) electrons. The lowest BCUT2D eigenvalue weighted by Gasteiger charge is -2.01. The van der Waals surface area contributed by atoms with E-state index in [2.05, 4.69) is 0 Å². The summed E-state index contributed by atoms with van der Waals surface area (Å²) < 4.78 is 0. The Kier molecular flexibility index (Phi) is 4.58. The molecule has 0 atom stereocenters. The molecular weight excluding hydrogens is 243 g/mol. The molecule has 1 aromatic carbocycles. The van der Waals surface area contributed by atoms with E-state index in [9.17, 15) is 4.79 Å². The summed E-state index contributed by atoms with van der Waals surface area (Å²) in [5.41, 5.74) is 0. The Balaban J connectivity index is 2.51. The largest absolute Gasteiger partial charge is 0.481 e. The van der Waals surface area contributed by atoms with Gasteiger partial charge in [-0.05, 0) is 18.2 Å². The van der Waals surface area contributed by atoms with Crippen molar-refractivity contribution in [2.75, 3.05) is 5.75 Å². The molecule has 0 fully saturated rings. The van der Waals surface area contributed by atoms with Crippen molar-refractivity contribution in [3.63, 3.8) is 0 Å². The van der Waals surface area contributed by atoms with Gasteiger partial charge in [-0.2, -0.15) is 0 Å². The predicted molar refractivity (Wildman–Crippen MR) is 59.4 cm³/mol. The van der Waals surface area contributed by atoms with Gasteiger partial charge in [-0.3, -0.25) is 4.79 Å². The van der Waals surface area contributed by atoms with E-state index in [0.29, 0.717) is 15.8 Å². The molecule has 1 aromatic rings. The molecule has 1 N–H and O–H groups in total. The van der Waals surface area contributed by atoms with Crippen molar-refractivity contribution in [2.45, 2.75) is 11.3 Å². The van der Waals surface area contributed by atoms with Crippen LogP contribution in [0.1, 0.15) is 6.42 Å². The van der Waals surface area contributed by atoms with Crippen molar-refractivity contribution in [1.29, 1.82) is 0 Å². The molecule has 0 bridgehead atoms. The van der Waals surface area contributed by atoms with Crippen molar-refractivity contribution in [1.82, 2.24) is 0 Å². The first-order valence-corrected chi connectivity index (χ1v) is 5.63. The number of rotatable bonds is 4. The second kappa shape index (κ2) is 5.49. The standard InChI is InChI=1S/C9H8Cl2O2S/c10-7-2-1-6(5-8(7)11)14-4-3-9(12)13/h1-2,5H,3-4H2,(H,12,13). The molecule has 0 aliphatic carbocycles. The van der Waals surface area contributed by atoms with E-state index < -0.39 is 5.97 Å². The van der Waals surface area contributed by atoms with Crippen LogP contribution in [0.25, 0.3) is 0 Å². The zero-order valence-electron chi connectivity index (χ0n) is 7.17. The first-order chi connectivity index (χ1) is 6.59. The lowest BCUT2D eigenvalue weighted by atomic mass is 10.4. The van der Waals surface area contributed by atoms with E-state index in [1.165, 1.54) is 11.8 Å². The molecule has 0 unspecified atom stereocenters. The number of benzene rings is 1. The van der Waals surface area contributed by atoms with Crippen LogP contribution in [0.15, 0.2) is 23.1 Å². The quantitative estimate of drug-likeness (QED) is 0.831. The average Bonchev–Trinajstić information content (AvgIpc) is 2.10. The van der Waals surface area contributed by atoms with Crippen LogP contribution in [-0.2, 0) is 4.79 Å². The van der Waals surface area contributed by atoms with Gasteiger partial charge in [-0.25, -0.2) is 0 Å². The SMILES string of the molecule is O=C(O)CCSc1ccc(Cl)c(Cl)c1. The predicted octanol–water partition coefficient (Wildman–Crippen LogP) is 3.56. The summed E-state index contributed by atoms with van der Waals surface area (Å²) in [5, 5.41) is 9.43. The topological polar surface area (TPSA) is 37.3 Å². The fraction of sp³-hybridized carbons (Fsp3) is 0.222. The molecule has 2 nitrogen and oxygen atoms in total. The highest BCUT2D eigenvalue weighted by Crippen LogP contribution is 2.28. The van der Waals surface area contributed by atoms with E-state index in [0.717, 1.165) is 4.90 Å². The fourth-order valence-electron chi connectivity index (χ4n) is 0.823. The average molecular weight is 251 g/mol. The molecule has 0 aliphatic heterocycles. The second-order valence-corrected chi connectivity index (χ2v) is 4.55. The van der Waals surface area contributed by atoms with Crippen molar-refractivity contribution < 1.29 is 9.90 Å². The summed E-state index contributed by atoms with van der Waals surface area (Å²) in [6.45, 7) is 0. The van der Waals surface area contributed by atoms with Crippen molar-refractivity contribution in [2.24, 2.45) is 0 Å². The van der Waals surface area contributed by atoms with E-state index >= 15 is 0 Å². The Morgan fingerprint density at radius 2 is 2.07 bits per heavy atom. The lowest BCUT2D eigenvalue weighted by Crippen LogP contribution is -1.95. The number of hydrogen-bond donors (Lipinski definition) is 1. The summed E-state index contributed by atoms with van der Waals surface area (Å²) >= 11 is 13.0. The van der Waals surface area contributed by atoms with Crippen LogP contribution in [0.4, 0.5) is 0 Å². The van der Waals surface area contributed by atoms with Gasteiger partial charge in [0, 0.05) is 10.6 Å².